The average molecular weight is 408 g/mol. The maximum absolute atomic E-state index is 12.2. The Hall–Kier alpha value is -1.61. The zero-order valence-corrected chi connectivity index (χ0v) is 16.4. The summed E-state index contributed by atoms with van der Waals surface area (Å²) in [5, 5.41) is 2.66. The maximum Gasteiger partial charge on any atom is 0.239 e. The van der Waals surface area contributed by atoms with Crippen LogP contribution in [-0.2, 0) is 14.3 Å². The number of hydrogen-bond acceptors (Lipinski definition) is 6. The molecule has 1 aliphatic heterocycles. The lowest BCUT2D eigenvalue weighted by Crippen LogP contribution is -2.50. The van der Waals surface area contributed by atoms with Crippen molar-refractivity contribution in [2.24, 2.45) is 5.73 Å². The number of aromatic nitrogens is 1. The SMILES string of the molecule is COCC(N)C(=O)NCCC(=O)N1CCN(c2ccccn2)CC1.Cl.Cl. The van der Waals surface area contributed by atoms with Crippen LogP contribution in [0.25, 0.3) is 0 Å². The minimum absolute atomic E-state index is 0. The molecule has 0 radical (unpaired) electrons. The Labute approximate surface area is 166 Å². The average Bonchev–Trinajstić information content (AvgIpc) is 2.62. The predicted molar refractivity (Wildman–Crippen MR) is 105 cm³/mol. The highest BCUT2D eigenvalue weighted by Gasteiger charge is 2.21. The number of halogens is 2. The van der Waals surface area contributed by atoms with Crippen LogP contribution in [0.1, 0.15) is 6.42 Å². The first-order chi connectivity index (χ1) is 11.6. The molecule has 2 amide bonds. The van der Waals surface area contributed by atoms with E-state index in [1.165, 1.54) is 7.11 Å². The number of nitrogens with two attached hydrogens (primary N) is 1. The van der Waals surface area contributed by atoms with Crippen LogP contribution in [0.15, 0.2) is 24.4 Å². The van der Waals surface area contributed by atoms with Crippen LogP contribution in [-0.4, -0.2) is 74.2 Å². The fraction of sp³-hybridized carbons (Fsp3) is 0.562. The highest BCUT2D eigenvalue weighted by molar-refractivity contribution is 5.85. The van der Waals surface area contributed by atoms with E-state index in [0.29, 0.717) is 13.1 Å². The Morgan fingerprint density at radius 1 is 1.27 bits per heavy atom. The molecule has 1 aromatic rings. The van der Waals surface area contributed by atoms with Crippen molar-refractivity contribution in [3.8, 4) is 0 Å². The zero-order valence-electron chi connectivity index (χ0n) is 14.8. The number of nitrogens with zero attached hydrogens (tertiary/aromatic N) is 3. The standard InChI is InChI=1S/C16H25N5O3.2ClH/c1-24-12-13(17)16(23)19-7-5-15(22)21-10-8-20(9-11-21)14-4-2-3-6-18-14;;/h2-4,6,13H,5,7-12,17H2,1H3,(H,19,23);2*1H. The highest BCUT2D eigenvalue weighted by Crippen LogP contribution is 2.12. The van der Waals surface area contributed by atoms with Crippen LogP contribution in [0.2, 0.25) is 0 Å². The molecule has 0 saturated carbocycles. The molecule has 2 rings (SSSR count). The molecule has 1 aliphatic rings. The Morgan fingerprint density at radius 3 is 2.54 bits per heavy atom. The van der Waals surface area contributed by atoms with Gasteiger partial charge in [0.25, 0.3) is 0 Å². The van der Waals surface area contributed by atoms with E-state index in [2.05, 4.69) is 15.2 Å². The molecule has 10 heteroatoms. The Morgan fingerprint density at radius 2 is 1.96 bits per heavy atom. The number of nitrogens with one attached hydrogen (secondary N) is 1. The first-order valence-corrected chi connectivity index (χ1v) is 8.08. The molecule has 1 atom stereocenters. The molecule has 0 spiro atoms. The van der Waals surface area contributed by atoms with Crippen LogP contribution in [0.5, 0.6) is 0 Å². The van der Waals surface area contributed by atoms with E-state index in [1.54, 1.807) is 6.20 Å². The molecular formula is C16H27Cl2N5O3. The quantitative estimate of drug-likeness (QED) is 0.662. The third-order valence-electron chi connectivity index (χ3n) is 3.93. The first-order valence-electron chi connectivity index (χ1n) is 8.08. The summed E-state index contributed by atoms with van der Waals surface area (Å²) in [6.07, 6.45) is 2.04. The van der Waals surface area contributed by atoms with Gasteiger partial charge in [0.1, 0.15) is 11.9 Å². The van der Waals surface area contributed by atoms with E-state index in [-0.39, 0.29) is 56.2 Å². The van der Waals surface area contributed by atoms with Gasteiger partial charge in [-0.15, -0.1) is 24.8 Å². The smallest absolute Gasteiger partial charge is 0.239 e. The summed E-state index contributed by atoms with van der Waals surface area (Å²) in [6, 6.07) is 5.11. The number of amides is 2. The molecule has 148 valence electrons. The van der Waals surface area contributed by atoms with E-state index >= 15 is 0 Å². The fourth-order valence-electron chi connectivity index (χ4n) is 2.56. The fourth-order valence-corrected chi connectivity index (χ4v) is 2.56. The molecule has 26 heavy (non-hydrogen) atoms. The molecule has 1 saturated heterocycles. The van der Waals surface area contributed by atoms with E-state index in [1.807, 2.05) is 23.1 Å². The second-order valence-corrected chi connectivity index (χ2v) is 5.66. The molecule has 3 N–H and O–H groups in total. The van der Waals surface area contributed by atoms with E-state index in [9.17, 15) is 9.59 Å². The van der Waals surface area contributed by atoms with Crippen LogP contribution in [0.4, 0.5) is 5.82 Å². The number of pyridine rings is 1. The number of rotatable bonds is 7. The van der Waals surface area contributed by atoms with E-state index in [0.717, 1.165) is 18.9 Å². The van der Waals surface area contributed by atoms with Gasteiger partial charge >= 0.3 is 0 Å². The number of carbonyl (C=O) groups excluding carboxylic acids is 2. The normalized spacial score (nSPS) is 14.7. The Bertz CT molecular complexity index is 542. The molecule has 8 nitrogen and oxygen atoms in total. The summed E-state index contributed by atoms with van der Waals surface area (Å²) in [5.41, 5.74) is 5.61. The number of hydrogen-bond donors (Lipinski definition) is 2. The van der Waals surface area contributed by atoms with Gasteiger partial charge in [0, 0.05) is 52.5 Å². The molecule has 2 heterocycles. The van der Waals surface area contributed by atoms with Crippen LogP contribution >= 0.6 is 24.8 Å². The summed E-state index contributed by atoms with van der Waals surface area (Å²) in [4.78, 5) is 32.1. The number of anilines is 1. The van der Waals surface area contributed by atoms with Gasteiger partial charge in [-0.3, -0.25) is 9.59 Å². The van der Waals surface area contributed by atoms with Crippen molar-refractivity contribution in [3.63, 3.8) is 0 Å². The molecule has 1 aromatic heterocycles. The van der Waals surface area contributed by atoms with Gasteiger partial charge in [-0.25, -0.2) is 4.98 Å². The number of ether oxygens (including phenoxy) is 1. The van der Waals surface area contributed by atoms with Crippen molar-refractivity contribution < 1.29 is 14.3 Å². The molecular weight excluding hydrogens is 381 g/mol. The van der Waals surface area contributed by atoms with Gasteiger partial charge in [-0.05, 0) is 12.1 Å². The van der Waals surface area contributed by atoms with Crippen LogP contribution < -0.4 is 16.0 Å². The molecule has 1 unspecified atom stereocenters. The summed E-state index contributed by atoms with van der Waals surface area (Å²) < 4.78 is 4.82. The maximum atomic E-state index is 12.2. The third kappa shape index (κ3) is 7.33. The van der Waals surface area contributed by atoms with Crippen molar-refractivity contribution >= 4 is 42.4 Å². The summed E-state index contributed by atoms with van der Waals surface area (Å²) in [7, 11) is 1.49. The third-order valence-corrected chi connectivity index (χ3v) is 3.93. The lowest BCUT2D eigenvalue weighted by molar-refractivity contribution is -0.131. The molecule has 0 aliphatic carbocycles. The van der Waals surface area contributed by atoms with Gasteiger partial charge in [0.05, 0.1) is 6.61 Å². The summed E-state index contributed by atoms with van der Waals surface area (Å²) in [5.74, 6) is 0.671. The number of carbonyl (C=O) groups is 2. The van der Waals surface area contributed by atoms with E-state index < -0.39 is 6.04 Å². The lowest BCUT2D eigenvalue weighted by Gasteiger charge is -2.35. The summed E-state index contributed by atoms with van der Waals surface area (Å²) in [6.45, 7) is 3.28. The van der Waals surface area contributed by atoms with Gasteiger partial charge in [-0.2, -0.15) is 0 Å². The minimum atomic E-state index is -0.702. The highest BCUT2D eigenvalue weighted by atomic mass is 35.5. The lowest BCUT2D eigenvalue weighted by atomic mass is 10.2. The van der Waals surface area contributed by atoms with E-state index in [4.69, 9.17) is 10.5 Å². The van der Waals surface area contributed by atoms with Gasteiger partial charge in [0.2, 0.25) is 11.8 Å². The van der Waals surface area contributed by atoms with Gasteiger partial charge in [0.15, 0.2) is 0 Å². The molecule has 0 aromatic carbocycles. The second kappa shape index (κ2) is 12.7. The predicted octanol–water partition coefficient (Wildman–Crippen LogP) is 0.0538. The molecule has 1 fully saturated rings. The van der Waals surface area contributed by atoms with Crippen molar-refractivity contribution in [2.75, 3.05) is 51.3 Å². The second-order valence-electron chi connectivity index (χ2n) is 5.66. The van der Waals surface area contributed by atoms with Crippen molar-refractivity contribution in [3.05, 3.63) is 24.4 Å². The first kappa shape index (κ1) is 24.4. The summed E-state index contributed by atoms with van der Waals surface area (Å²) >= 11 is 0. The van der Waals surface area contributed by atoms with Crippen LogP contribution in [0, 0.1) is 0 Å². The van der Waals surface area contributed by atoms with Gasteiger partial charge in [-0.1, -0.05) is 6.07 Å². The molecule has 0 bridgehead atoms. The van der Waals surface area contributed by atoms with Crippen molar-refractivity contribution in [2.45, 2.75) is 12.5 Å². The number of piperazine rings is 1. The minimum Gasteiger partial charge on any atom is -0.383 e. The largest absolute Gasteiger partial charge is 0.383 e. The topological polar surface area (TPSA) is 101 Å². The monoisotopic (exact) mass is 407 g/mol. The number of methoxy groups -OCH3 is 1. The van der Waals surface area contributed by atoms with Crippen molar-refractivity contribution in [1.29, 1.82) is 0 Å². The van der Waals surface area contributed by atoms with Crippen LogP contribution in [0.3, 0.4) is 0 Å². The van der Waals surface area contributed by atoms with Crippen molar-refractivity contribution in [1.82, 2.24) is 15.2 Å². The zero-order chi connectivity index (χ0) is 17.4. The Balaban J connectivity index is 0.00000312. The Kier molecular flexibility index (Phi) is 11.9. The van der Waals surface area contributed by atoms with Gasteiger partial charge < -0.3 is 25.6 Å².